The van der Waals surface area contributed by atoms with Gasteiger partial charge in [0.2, 0.25) is 0 Å². The molecule has 0 bridgehead atoms. The van der Waals surface area contributed by atoms with Crippen LogP contribution in [0.25, 0.3) is 5.57 Å². The molecule has 0 heterocycles. The molecule has 0 aromatic heterocycles. The minimum absolute atomic E-state index is 0.321. The first-order valence-corrected chi connectivity index (χ1v) is 4.72. The lowest BCUT2D eigenvalue weighted by Crippen LogP contribution is -2.02. The molecule has 1 aromatic rings. The lowest BCUT2D eigenvalue weighted by molar-refractivity contribution is 1.27. The smallest absolute Gasteiger partial charge is 0.0511 e. The summed E-state index contributed by atoms with van der Waals surface area (Å²) in [6, 6.07) is 3.23. The standard InChI is InChI=1S/C9H8Cl3N/c1-5(4-13)9-7(11)2-6(10)3-8(9)12/h2-3H,1,4,13H2. The first kappa shape index (κ1) is 10.9. The van der Waals surface area contributed by atoms with Crippen molar-refractivity contribution in [2.45, 2.75) is 0 Å². The fraction of sp³-hybridized carbons (Fsp3) is 0.111. The zero-order valence-electron chi connectivity index (χ0n) is 6.78. The van der Waals surface area contributed by atoms with Crippen LogP contribution in [0.3, 0.4) is 0 Å². The van der Waals surface area contributed by atoms with Gasteiger partial charge in [0.15, 0.2) is 0 Å². The molecular formula is C9H8Cl3N. The molecule has 13 heavy (non-hydrogen) atoms. The van der Waals surface area contributed by atoms with Crippen molar-refractivity contribution in [3.63, 3.8) is 0 Å². The lowest BCUT2D eigenvalue weighted by atomic mass is 10.1. The molecule has 0 saturated carbocycles. The second kappa shape index (κ2) is 4.34. The maximum atomic E-state index is 5.92. The van der Waals surface area contributed by atoms with E-state index >= 15 is 0 Å². The zero-order chi connectivity index (χ0) is 10.0. The highest BCUT2D eigenvalue weighted by molar-refractivity contribution is 6.40. The molecule has 0 spiro atoms. The molecule has 0 aliphatic carbocycles. The van der Waals surface area contributed by atoms with E-state index in [1.54, 1.807) is 12.1 Å². The van der Waals surface area contributed by atoms with E-state index in [2.05, 4.69) is 6.58 Å². The quantitative estimate of drug-likeness (QED) is 0.834. The Kier molecular flexibility index (Phi) is 3.63. The predicted molar refractivity (Wildman–Crippen MR) is 59.6 cm³/mol. The van der Waals surface area contributed by atoms with Gasteiger partial charge in [-0.3, -0.25) is 0 Å². The largest absolute Gasteiger partial charge is 0.326 e. The van der Waals surface area contributed by atoms with Crippen LogP contribution in [-0.4, -0.2) is 6.54 Å². The number of halogens is 3. The monoisotopic (exact) mass is 235 g/mol. The highest BCUT2D eigenvalue weighted by atomic mass is 35.5. The molecule has 2 N–H and O–H groups in total. The Morgan fingerprint density at radius 2 is 1.69 bits per heavy atom. The summed E-state index contributed by atoms with van der Waals surface area (Å²) in [6.45, 7) is 4.08. The SMILES string of the molecule is C=C(CN)c1c(Cl)cc(Cl)cc1Cl. The van der Waals surface area contributed by atoms with Crippen molar-refractivity contribution in [3.8, 4) is 0 Å². The van der Waals surface area contributed by atoms with E-state index in [0.29, 0.717) is 32.7 Å². The Hall–Kier alpha value is -0.210. The number of benzene rings is 1. The Labute approximate surface area is 92.1 Å². The summed E-state index contributed by atoms with van der Waals surface area (Å²) in [5.41, 5.74) is 6.81. The average Bonchev–Trinajstić information content (AvgIpc) is 2.02. The Balaban J connectivity index is 3.28. The van der Waals surface area contributed by atoms with E-state index in [-0.39, 0.29) is 0 Å². The molecule has 0 aliphatic heterocycles. The van der Waals surface area contributed by atoms with Crippen molar-refractivity contribution >= 4 is 40.4 Å². The van der Waals surface area contributed by atoms with E-state index in [0.717, 1.165) is 0 Å². The summed E-state index contributed by atoms with van der Waals surface area (Å²) in [4.78, 5) is 0. The summed E-state index contributed by atoms with van der Waals surface area (Å²) in [5, 5.41) is 1.46. The fourth-order valence-electron chi connectivity index (χ4n) is 0.982. The van der Waals surface area contributed by atoms with E-state index in [4.69, 9.17) is 40.5 Å². The van der Waals surface area contributed by atoms with Gasteiger partial charge in [-0.1, -0.05) is 41.4 Å². The molecule has 0 aliphatic rings. The highest BCUT2D eigenvalue weighted by Crippen LogP contribution is 2.32. The summed E-state index contributed by atoms with van der Waals surface area (Å²) in [7, 11) is 0. The first-order chi connectivity index (χ1) is 6.06. The predicted octanol–water partition coefficient (Wildman–Crippen LogP) is 3.62. The van der Waals surface area contributed by atoms with Crippen LogP contribution in [0, 0.1) is 0 Å². The third-order valence-electron chi connectivity index (χ3n) is 1.61. The van der Waals surface area contributed by atoms with Gasteiger partial charge in [0.05, 0.1) is 10.0 Å². The van der Waals surface area contributed by atoms with Gasteiger partial charge >= 0.3 is 0 Å². The second-order valence-corrected chi connectivity index (χ2v) is 3.80. The van der Waals surface area contributed by atoms with Crippen LogP contribution in [0.1, 0.15) is 5.56 Å². The summed E-state index contributed by atoms with van der Waals surface area (Å²) >= 11 is 17.6. The number of hydrogen-bond acceptors (Lipinski definition) is 1. The van der Waals surface area contributed by atoms with Crippen molar-refractivity contribution in [2.24, 2.45) is 5.73 Å². The third kappa shape index (κ3) is 2.38. The first-order valence-electron chi connectivity index (χ1n) is 3.59. The molecular weight excluding hydrogens is 228 g/mol. The van der Waals surface area contributed by atoms with E-state index in [1.165, 1.54) is 0 Å². The molecule has 70 valence electrons. The summed E-state index contributed by atoms with van der Waals surface area (Å²) < 4.78 is 0. The van der Waals surface area contributed by atoms with Crippen LogP contribution >= 0.6 is 34.8 Å². The van der Waals surface area contributed by atoms with Crippen LogP contribution in [-0.2, 0) is 0 Å². The van der Waals surface area contributed by atoms with Gasteiger partial charge in [-0.15, -0.1) is 0 Å². The molecule has 0 atom stereocenters. The van der Waals surface area contributed by atoms with Crippen molar-refractivity contribution in [1.82, 2.24) is 0 Å². The molecule has 1 aromatic carbocycles. The fourth-order valence-corrected chi connectivity index (χ4v) is 2.07. The van der Waals surface area contributed by atoms with Crippen molar-refractivity contribution in [3.05, 3.63) is 39.3 Å². The van der Waals surface area contributed by atoms with Crippen LogP contribution in [0.2, 0.25) is 15.1 Å². The summed E-state index contributed by atoms with van der Waals surface area (Å²) in [5.74, 6) is 0. The molecule has 0 radical (unpaired) electrons. The molecule has 0 amide bonds. The van der Waals surface area contributed by atoms with Crippen LogP contribution in [0.5, 0.6) is 0 Å². The number of rotatable bonds is 2. The molecule has 0 fully saturated rings. The topological polar surface area (TPSA) is 26.0 Å². The molecule has 4 heteroatoms. The van der Waals surface area contributed by atoms with Gasteiger partial charge in [-0.05, 0) is 17.7 Å². The maximum Gasteiger partial charge on any atom is 0.0511 e. The van der Waals surface area contributed by atoms with Crippen LogP contribution in [0.15, 0.2) is 18.7 Å². The minimum atomic E-state index is 0.321. The zero-order valence-corrected chi connectivity index (χ0v) is 9.05. The molecule has 0 unspecified atom stereocenters. The molecule has 1 rings (SSSR count). The van der Waals surface area contributed by atoms with Gasteiger partial charge in [-0.25, -0.2) is 0 Å². The van der Waals surface area contributed by atoms with Crippen LogP contribution in [0.4, 0.5) is 0 Å². The average molecular weight is 237 g/mol. The third-order valence-corrected chi connectivity index (χ3v) is 2.42. The second-order valence-electron chi connectivity index (χ2n) is 2.55. The Bertz CT molecular complexity index is 324. The van der Waals surface area contributed by atoms with Crippen molar-refractivity contribution in [2.75, 3.05) is 6.54 Å². The van der Waals surface area contributed by atoms with Crippen LogP contribution < -0.4 is 5.73 Å². The van der Waals surface area contributed by atoms with Gasteiger partial charge in [0, 0.05) is 17.1 Å². The normalized spacial score (nSPS) is 10.2. The highest BCUT2D eigenvalue weighted by Gasteiger charge is 2.09. The Morgan fingerprint density at radius 1 is 1.23 bits per heavy atom. The van der Waals surface area contributed by atoms with E-state index in [9.17, 15) is 0 Å². The van der Waals surface area contributed by atoms with Gasteiger partial charge < -0.3 is 5.73 Å². The van der Waals surface area contributed by atoms with Crippen molar-refractivity contribution < 1.29 is 0 Å². The number of hydrogen-bond donors (Lipinski definition) is 1. The molecule has 1 nitrogen and oxygen atoms in total. The molecule has 0 saturated heterocycles. The summed E-state index contributed by atoms with van der Waals surface area (Å²) in [6.07, 6.45) is 0. The van der Waals surface area contributed by atoms with E-state index < -0.39 is 0 Å². The van der Waals surface area contributed by atoms with E-state index in [1.807, 2.05) is 0 Å². The minimum Gasteiger partial charge on any atom is -0.326 e. The van der Waals surface area contributed by atoms with Gasteiger partial charge in [0.1, 0.15) is 0 Å². The Morgan fingerprint density at radius 3 is 2.08 bits per heavy atom. The maximum absolute atomic E-state index is 5.92. The van der Waals surface area contributed by atoms with Gasteiger partial charge in [0.25, 0.3) is 0 Å². The lowest BCUT2D eigenvalue weighted by Gasteiger charge is -2.08. The number of nitrogens with two attached hydrogens (primary N) is 1. The van der Waals surface area contributed by atoms with Crippen molar-refractivity contribution in [1.29, 1.82) is 0 Å². The van der Waals surface area contributed by atoms with Gasteiger partial charge in [-0.2, -0.15) is 0 Å².